The molecule has 0 atom stereocenters. The Bertz CT molecular complexity index is 290. The summed E-state index contributed by atoms with van der Waals surface area (Å²) in [6, 6.07) is 4.08. The van der Waals surface area contributed by atoms with Gasteiger partial charge in [-0.1, -0.05) is 0 Å². The van der Waals surface area contributed by atoms with E-state index < -0.39 is 0 Å². The molecule has 1 aromatic heterocycles. The van der Waals surface area contributed by atoms with E-state index in [1.165, 1.54) is 12.8 Å². The lowest BCUT2D eigenvalue weighted by Gasteiger charge is -2.03. The van der Waals surface area contributed by atoms with Gasteiger partial charge in [-0.25, -0.2) is 0 Å². The summed E-state index contributed by atoms with van der Waals surface area (Å²) >= 11 is 0. The zero-order valence-electron chi connectivity index (χ0n) is 7.86. The Kier molecular flexibility index (Phi) is 2.84. The summed E-state index contributed by atoms with van der Waals surface area (Å²) in [5.41, 5.74) is 0. The van der Waals surface area contributed by atoms with Crippen LogP contribution in [0.15, 0.2) is 22.8 Å². The highest BCUT2D eigenvalue weighted by Crippen LogP contribution is 2.18. The minimum Gasteiger partial charge on any atom is -0.466 e. The topological polar surface area (TPSA) is 51.5 Å². The molecule has 0 radical (unpaired) electrons. The van der Waals surface area contributed by atoms with Gasteiger partial charge in [0.15, 0.2) is 0 Å². The van der Waals surface area contributed by atoms with Gasteiger partial charge in [-0.3, -0.25) is 4.79 Å². The molecule has 76 valence electrons. The Hall–Kier alpha value is -1.29. The van der Waals surface area contributed by atoms with E-state index in [0.717, 1.165) is 0 Å². The van der Waals surface area contributed by atoms with Crippen molar-refractivity contribution >= 4 is 5.97 Å². The summed E-state index contributed by atoms with van der Waals surface area (Å²) < 4.78 is 9.99. The molecule has 14 heavy (non-hydrogen) atoms. The van der Waals surface area contributed by atoms with Crippen LogP contribution in [0.5, 0.6) is 0 Å². The van der Waals surface area contributed by atoms with Crippen LogP contribution in [-0.2, 0) is 16.1 Å². The van der Waals surface area contributed by atoms with Crippen LogP contribution in [-0.4, -0.2) is 18.6 Å². The molecule has 1 aliphatic carbocycles. The van der Waals surface area contributed by atoms with Crippen molar-refractivity contribution in [1.29, 1.82) is 0 Å². The second-order valence-electron chi connectivity index (χ2n) is 3.40. The van der Waals surface area contributed by atoms with E-state index in [1.807, 2.05) is 0 Å². The molecule has 1 aliphatic rings. The van der Waals surface area contributed by atoms with Crippen LogP contribution in [0.25, 0.3) is 0 Å². The van der Waals surface area contributed by atoms with Crippen molar-refractivity contribution in [3.05, 3.63) is 24.2 Å². The maximum Gasteiger partial charge on any atom is 0.320 e. The lowest BCUT2D eigenvalue weighted by Crippen LogP contribution is -2.26. The largest absolute Gasteiger partial charge is 0.466 e. The molecule has 4 nitrogen and oxygen atoms in total. The molecule has 0 spiro atoms. The number of carbonyl (C=O) groups excluding carboxylic acids is 1. The van der Waals surface area contributed by atoms with Crippen molar-refractivity contribution in [3.63, 3.8) is 0 Å². The van der Waals surface area contributed by atoms with Crippen LogP contribution >= 0.6 is 0 Å². The fourth-order valence-electron chi connectivity index (χ4n) is 1.11. The summed E-state index contributed by atoms with van der Waals surface area (Å²) in [5.74, 6) is 0.443. The minimum atomic E-state index is -0.228. The predicted molar refractivity (Wildman–Crippen MR) is 49.5 cm³/mol. The van der Waals surface area contributed by atoms with Gasteiger partial charge >= 0.3 is 5.97 Å². The van der Waals surface area contributed by atoms with E-state index in [2.05, 4.69) is 5.32 Å². The quantitative estimate of drug-likeness (QED) is 0.714. The highest BCUT2D eigenvalue weighted by Gasteiger charge is 2.21. The Morgan fingerprint density at radius 2 is 2.50 bits per heavy atom. The normalized spacial score (nSPS) is 15.4. The van der Waals surface area contributed by atoms with Gasteiger partial charge < -0.3 is 14.5 Å². The lowest BCUT2D eigenvalue weighted by atomic mass is 10.5. The van der Waals surface area contributed by atoms with Gasteiger partial charge in [0.05, 0.1) is 12.8 Å². The second kappa shape index (κ2) is 4.28. The van der Waals surface area contributed by atoms with Gasteiger partial charge in [-0.05, 0) is 25.0 Å². The smallest absolute Gasteiger partial charge is 0.320 e. The third kappa shape index (κ3) is 2.88. The van der Waals surface area contributed by atoms with Gasteiger partial charge in [0, 0.05) is 6.04 Å². The van der Waals surface area contributed by atoms with E-state index >= 15 is 0 Å². The summed E-state index contributed by atoms with van der Waals surface area (Å²) in [7, 11) is 0. The summed E-state index contributed by atoms with van der Waals surface area (Å²) in [5, 5.41) is 3.08. The molecule has 1 aromatic rings. The van der Waals surface area contributed by atoms with Gasteiger partial charge in [0.1, 0.15) is 12.4 Å². The fourth-order valence-corrected chi connectivity index (χ4v) is 1.11. The SMILES string of the molecule is O=C(CNC1CC1)OCc1ccco1. The number of rotatable bonds is 5. The second-order valence-corrected chi connectivity index (χ2v) is 3.40. The van der Waals surface area contributed by atoms with Gasteiger partial charge in [0.2, 0.25) is 0 Å². The molecule has 0 saturated heterocycles. The summed E-state index contributed by atoms with van der Waals surface area (Å²) in [4.78, 5) is 11.1. The van der Waals surface area contributed by atoms with Crippen LogP contribution in [0.1, 0.15) is 18.6 Å². The fraction of sp³-hybridized carbons (Fsp3) is 0.500. The van der Waals surface area contributed by atoms with Crippen molar-refractivity contribution < 1.29 is 13.9 Å². The van der Waals surface area contributed by atoms with Crippen LogP contribution in [0.3, 0.4) is 0 Å². The van der Waals surface area contributed by atoms with Crippen molar-refractivity contribution in [1.82, 2.24) is 5.32 Å². The average molecular weight is 195 g/mol. The first-order valence-electron chi connectivity index (χ1n) is 4.76. The first kappa shape index (κ1) is 9.27. The number of nitrogens with one attached hydrogen (secondary N) is 1. The molecular formula is C10H13NO3. The molecule has 0 unspecified atom stereocenters. The molecule has 2 rings (SSSR count). The number of esters is 1. The Balaban J connectivity index is 1.62. The zero-order valence-corrected chi connectivity index (χ0v) is 7.86. The molecule has 0 amide bonds. The van der Waals surface area contributed by atoms with Gasteiger partial charge in [0.25, 0.3) is 0 Å². The molecule has 0 aromatic carbocycles. The van der Waals surface area contributed by atoms with E-state index in [9.17, 15) is 4.79 Å². The van der Waals surface area contributed by atoms with Crippen molar-refractivity contribution in [2.45, 2.75) is 25.5 Å². The van der Waals surface area contributed by atoms with E-state index in [4.69, 9.17) is 9.15 Å². The van der Waals surface area contributed by atoms with Crippen LogP contribution < -0.4 is 5.32 Å². The molecule has 0 bridgehead atoms. The number of hydrogen-bond donors (Lipinski definition) is 1. The molecule has 1 heterocycles. The van der Waals surface area contributed by atoms with Crippen molar-refractivity contribution in [2.75, 3.05) is 6.54 Å². The maximum absolute atomic E-state index is 11.1. The Morgan fingerprint density at radius 3 is 3.14 bits per heavy atom. The third-order valence-corrected chi connectivity index (χ3v) is 2.07. The van der Waals surface area contributed by atoms with E-state index in [0.29, 0.717) is 18.3 Å². The highest BCUT2D eigenvalue weighted by molar-refractivity contribution is 5.71. The van der Waals surface area contributed by atoms with Crippen LogP contribution in [0.2, 0.25) is 0 Å². The number of ether oxygens (including phenoxy) is 1. The Morgan fingerprint density at radius 1 is 1.64 bits per heavy atom. The third-order valence-electron chi connectivity index (χ3n) is 2.07. The Labute approximate surface area is 82.2 Å². The standard InChI is InChI=1S/C10H13NO3/c12-10(6-11-8-3-4-8)14-7-9-2-1-5-13-9/h1-2,5,8,11H,3-4,6-7H2. The van der Waals surface area contributed by atoms with Crippen molar-refractivity contribution in [2.24, 2.45) is 0 Å². The van der Waals surface area contributed by atoms with Gasteiger partial charge in [-0.2, -0.15) is 0 Å². The van der Waals surface area contributed by atoms with Crippen LogP contribution in [0.4, 0.5) is 0 Å². The predicted octanol–water partition coefficient (Wildman–Crippen LogP) is 1.07. The summed E-state index contributed by atoms with van der Waals surface area (Å²) in [6.07, 6.45) is 3.91. The van der Waals surface area contributed by atoms with Crippen LogP contribution in [0, 0.1) is 0 Å². The molecule has 1 saturated carbocycles. The highest BCUT2D eigenvalue weighted by atomic mass is 16.5. The monoisotopic (exact) mass is 195 g/mol. The number of furan rings is 1. The van der Waals surface area contributed by atoms with E-state index in [-0.39, 0.29) is 12.6 Å². The van der Waals surface area contributed by atoms with Gasteiger partial charge in [-0.15, -0.1) is 0 Å². The minimum absolute atomic E-state index is 0.220. The molecule has 4 heteroatoms. The average Bonchev–Trinajstić information content (AvgIpc) is 2.87. The van der Waals surface area contributed by atoms with E-state index in [1.54, 1.807) is 18.4 Å². The lowest BCUT2D eigenvalue weighted by molar-refractivity contribution is -0.144. The molecule has 1 N–H and O–H groups in total. The molecule has 0 aliphatic heterocycles. The molecule has 1 fully saturated rings. The first-order chi connectivity index (χ1) is 6.84. The first-order valence-corrected chi connectivity index (χ1v) is 4.76. The van der Waals surface area contributed by atoms with Crippen molar-refractivity contribution in [3.8, 4) is 0 Å². The summed E-state index contributed by atoms with van der Waals surface area (Å²) in [6.45, 7) is 0.517. The number of hydrogen-bond acceptors (Lipinski definition) is 4. The number of carbonyl (C=O) groups is 1. The zero-order chi connectivity index (χ0) is 9.80. The maximum atomic E-state index is 11.1. The molecular weight excluding hydrogens is 182 g/mol.